The molecule has 1 aromatic heterocycles. The van der Waals surface area contributed by atoms with Crippen LogP contribution in [0.15, 0.2) is 80.8 Å². The van der Waals surface area contributed by atoms with Crippen LogP contribution >= 0.6 is 0 Å². The summed E-state index contributed by atoms with van der Waals surface area (Å²) in [4.78, 5) is 13.2. The molecule has 0 unspecified atom stereocenters. The molecular formula is C26H23N3O4S. The Kier molecular flexibility index (Phi) is 6.14. The lowest BCUT2D eigenvalue weighted by molar-refractivity contribution is 0.591. The predicted molar refractivity (Wildman–Crippen MR) is 132 cm³/mol. The Balaban J connectivity index is 1.87. The van der Waals surface area contributed by atoms with Crippen LogP contribution in [0.1, 0.15) is 29.7 Å². The number of rotatable bonds is 6. The number of para-hydroxylation sites is 1. The van der Waals surface area contributed by atoms with E-state index in [2.05, 4.69) is 5.32 Å². The van der Waals surface area contributed by atoms with Crippen molar-refractivity contribution in [2.75, 3.05) is 5.32 Å². The molecule has 0 aliphatic rings. The molecule has 4 rings (SSSR count). The number of anilines is 1. The highest BCUT2D eigenvalue weighted by Gasteiger charge is 2.22. The van der Waals surface area contributed by atoms with Gasteiger partial charge >= 0.3 is 0 Å². The van der Waals surface area contributed by atoms with Crippen LogP contribution in [0, 0.1) is 25.3 Å². The Morgan fingerprint density at radius 1 is 1.00 bits per heavy atom. The summed E-state index contributed by atoms with van der Waals surface area (Å²) in [6, 6.07) is 19.0. The van der Waals surface area contributed by atoms with Crippen LogP contribution in [0.25, 0.3) is 22.3 Å². The third-order valence-corrected chi connectivity index (χ3v) is 6.92. The fourth-order valence-electron chi connectivity index (χ4n) is 4.00. The minimum Gasteiger partial charge on any atom is -0.455 e. The SMILES string of the molecule is Cc1cc([C@@H](C)Nc2ccccc2S(=O)(=O)NC#N)c2oc(-c3ccccc3)c(C)c(=O)c2c1. The van der Waals surface area contributed by atoms with Crippen LogP contribution < -0.4 is 15.5 Å². The summed E-state index contributed by atoms with van der Waals surface area (Å²) >= 11 is 0. The summed E-state index contributed by atoms with van der Waals surface area (Å²) in [6.07, 6.45) is 1.47. The van der Waals surface area contributed by atoms with E-state index in [9.17, 15) is 13.2 Å². The molecule has 2 N–H and O–H groups in total. The lowest BCUT2D eigenvalue weighted by atomic mass is 9.99. The van der Waals surface area contributed by atoms with E-state index in [4.69, 9.17) is 9.68 Å². The van der Waals surface area contributed by atoms with Crippen molar-refractivity contribution in [3.8, 4) is 17.5 Å². The van der Waals surface area contributed by atoms with E-state index in [0.717, 1.165) is 11.1 Å². The van der Waals surface area contributed by atoms with Gasteiger partial charge in [-0.15, -0.1) is 0 Å². The molecule has 1 atom stereocenters. The highest BCUT2D eigenvalue weighted by molar-refractivity contribution is 7.89. The molecular weight excluding hydrogens is 450 g/mol. The second-order valence-electron chi connectivity index (χ2n) is 8.06. The summed E-state index contributed by atoms with van der Waals surface area (Å²) < 4.78 is 33.1. The summed E-state index contributed by atoms with van der Waals surface area (Å²) in [5.41, 5.74) is 3.56. The first-order valence-corrected chi connectivity index (χ1v) is 12.1. The van der Waals surface area contributed by atoms with Gasteiger partial charge in [-0.05, 0) is 44.5 Å². The van der Waals surface area contributed by atoms with E-state index < -0.39 is 16.1 Å². The van der Waals surface area contributed by atoms with Crippen LogP contribution in [0.2, 0.25) is 0 Å². The lowest BCUT2D eigenvalue weighted by Gasteiger charge is -2.20. The predicted octanol–water partition coefficient (Wildman–Crippen LogP) is 5.01. The quantitative estimate of drug-likeness (QED) is 0.301. The first-order chi connectivity index (χ1) is 16.2. The van der Waals surface area contributed by atoms with Crippen LogP contribution in [0.5, 0.6) is 0 Å². The number of nitrogens with zero attached hydrogens (tertiary/aromatic N) is 1. The lowest BCUT2D eigenvalue weighted by Crippen LogP contribution is -2.20. The number of benzene rings is 3. The van der Waals surface area contributed by atoms with Crippen molar-refractivity contribution in [1.82, 2.24) is 4.72 Å². The van der Waals surface area contributed by atoms with Gasteiger partial charge in [0, 0.05) is 16.7 Å². The topological polar surface area (TPSA) is 112 Å². The van der Waals surface area contributed by atoms with Crippen molar-refractivity contribution in [3.05, 3.63) is 93.6 Å². The van der Waals surface area contributed by atoms with Crippen LogP contribution in [0.4, 0.5) is 5.69 Å². The first kappa shape index (κ1) is 23.1. The van der Waals surface area contributed by atoms with Gasteiger partial charge in [0.15, 0.2) is 11.6 Å². The number of nitriles is 1. The fourth-order valence-corrected chi connectivity index (χ4v) is 4.90. The molecule has 0 aliphatic carbocycles. The molecule has 0 bridgehead atoms. The molecule has 0 saturated carbocycles. The maximum Gasteiger partial charge on any atom is 0.272 e. The molecule has 8 heteroatoms. The zero-order chi connectivity index (χ0) is 24.5. The van der Waals surface area contributed by atoms with Gasteiger partial charge in [0.05, 0.1) is 17.1 Å². The number of aryl methyl sites for hydroxylation is 1. The molecule has 0 aliphatic heterocycles. The van der Waals surface area contributed by atoms with Gasteiger partial charge in [0.1, 0.15) is 16.2 Å². The maximum absolute atomic E-state index is 13.3. The standard InChI is InChI=1S/C26H23N3O4S/c1-16-13-20(18(3)29-22-11-7-8-12-23(22)34(31,32)28-15-27)26-21(14-16)24(30)17(2)25(33-26)19-9-5-4-6-10-19/h4-14,18,28-29H,1-3H3/t18-/m1/s1. The van der Waals surface area contributed by atoms with E-state index >= 15 is 0 Å². The minimum absolute atomic E-state index is 0.0531. The van der Waals surface area contributed by atoms with Gasteiger partial charge in [0.2, 0.25) is 0 Å². The highest BCUT2D eigenvalue weighted by Crippen LogP contribution is 2.33. The van der Waals surface area contributed by atoms with Crippen molar-refractivity contribution in [2.45, 2.75) is 31.7 Å². The molecule has 0 radical (unpaired) electrons. The smallest absolute Gasteiger partial charge is 0.272 e. The molecule has 34 heavy (non-hydrogen) atoms. The van der Waals surface area contributed by atoms with Crippen LogP contribution in [-0.4, -0.2) is 8.42 Å². The highest BCUT2D eigenvalue weighted by atomic mass is 32.2. The fraction of sp³-hybridized carbons (Fsp3) is 0.154. The Bertz CT molecular complexity index is 1590. The molecule has 7 nitrogen and oxygen atoms in total. The Morgan fingerprint density at radius 3 is 2.38 bits per heavy atom. The Labute approximate surface area is 197 Å². The second kappa shape index (κ2) is 9.04. The van der Waals surface area contributed by atoms with Gasteiger partial charge in [-0.25, -0.2) is 13.1 Å². The van der Waals surface area contributed by atoms with Crippen molar-refractivity contribution >= 4 is 26.7 Å². The zero-order valence-electron chi connectivity index (χ0n) is 18.9. The molecule has 1 heterocycles. The largest absolute Gasteiger partial charge is 0.455 e. The zero-order valence-corrected chi connectivity index (χ0v) is 19.7. The van der Waals surface area contributed by atoms with Crippen molar-refractivity contribution < 1.29 is 12.8 Å². The number of sulfonamides is 1. The summed E-state index contributed by atoms with van der Waals surface area (Å²) in [6.45, 7) is 5.50. The van der Waals surface area contributed by atoms with Gasteiger partial charge in [-0.1, -0.05) is 48.5 Å². The Hall–Kier alpha value is -4.09. The minimum atomic E-state index is -4.02. The van der Waals surface area contributed by atoms with E-state index in [-0.39, 0.29) is 10.3 Å². The average Bonchev–Trinajstić information content (AvgIpc) is 2.82. The summed E-state index contributed by atoms with van der Waals surface area (Å²) in [7, 11) is -4.02. The maximum atomic E-state index is 13.3. The normalized spacial score (nSPS) is 12.2. The van der Waals surface area contributed by atoms with E-state index in [1.54, 1.807) is 31.2 Å². The van der Waals surface area contributed by atoms with Gasteiger partial charge < -0.3 is 9.73 Å². The number of hydrogen-bond donors (Lipinski definition) is 2. The monoisotopic (exact) mass is 473 g/mol. The average molecular weight is 474 g/mol. The van der Waals surface area contributed by atoms with Gasteiger partial charge in [-0.3, -0.25) is 4.79 Å². The molecule has 4 aromatic rings. The van der Waals surface area contributed by atoms with Gasteiger partial charge in [0.25, 0.3) is 10.0 Å². The Morgan fingerprint density at radius 2 is 1.68 bits per heavy atom. The van der Waals surface area contributed by atoms with E-state index in [1.165, 1.54) is 12.3 Å². The third kappa shape index (κ3) is 4.26. The third-order valence-electron chi connectivity index (χ3n) is 5.62. The molecule has 0 spiro atoms. The van der Waals surface area contributed by atoms with Crippen LogP contribution in [-0.2, 0) is 10.0 Å². The first-order valence-electron chi connectivity index (χ1n) is 10.6. The molecule has 172 valence electrons. The van der Waals surface area contributed by atoms with E-state index in [0.29, 0.717) is 33.5 Å². The van der Waals surface area contributed by atoms with Crippen molar-refractivity contribution in [1.29, 1.82) is 5.26 Å². The molecule has 0 amide bonds. The number of nitrogens with one attached hydrogen (secondary N) is 2. The number of hydrogen-bond acceptors (Lipinski definition) is 6. The molecule has 0 saturated heterocycles. The summed E-state index contributed by atoms with van der Waals surface area (Å²) in [5, 5.41) is 12.5. The second-order valence-corrected chi connectivity index (χ2v) is 9.71. The molecule has 0 fully saturated rings. The van der Waals surface area contributed by atoms with Crippen LogP contribution in [0.3, 0.4) is 0 Å². The molecule has 3 aromatic carbocycles. The van der Waals surface area contributed by atoms with Gasteiger partial charge in [-0.2, -0.15) is 5.26 Å². The van der Waals surface area contributed by atoms with Crippen molar-refractivity contribution in [3.63, 3.8) is 0 Å². The number of fused-ring (bicyclic) bond motifs is 1. The van der Waals surface area contributed by atoms with Crippen molar-refractivity contribution in [2.24, 2.45) is 0 Å². The van der Waals surface area contributed by atoms with E-state index in [1.807, 2.05) is 55.0 Å². The summed E-state index contributed by atoms with van der Waals surface area (Å²) in [5.74, 6) is 0.497.